The maximum absolute atomic E-state index is 3.50. The second-order valence-electron chi connectivity index (χ2n) is 5.38. The normalized spacial score (nSPS) is 24.9. The van der Waals surface area contributed by atoms with Gasteiger partial charge in [0.15, 0.2) is 0 Å². The molecule has 0 amide bonds. The van der Waals surface area contributed by atoms with Crippen LogP contribution in [0.25, 0.3) is 0 Å². The molecule has 1 fully saturated rings. The van der Waals surface area contributed by atoms with Crippen LogP contribution in [0.1, 0.15) is 33.6 Å². The first-order valence-corrected chi connectivity index (χ1v) is 7.75. The highest BCUT2D eigenvalue weighted by Crippen LogP contribution is 2.26. The number of hydrogen-bond acceptors (Lipinski definition) is 3. The average molecular weight is 244 g/mol. The van der Waals surface area contributed by atoms with Crippen molar-refractivity contribution < 1.29 is 0 Å². The van der Waals surface area contributed by atoms with E-state index in [1.165, 1.54) is 30.9 Å². The van der Waals surface area contributed by atoms with Crippen molar-refractivity contribution in [2.45, 2.75) is 39.7 Å². The minimum absolute atomic E-state index is 0.429. The summed E-state index contributed by atoms with van der Waals surface area (Å²) < 4.78 is 0. The summed E-state index contributed by atoms with van der Waals surface area (Å²) in [6.07, 6.45) is 2.63. The van der Waals surface area contributed by atoms with E-state index in [1.807, 2.05) is 0 Å². The number of hydrogen-bond donors (Lipinski definition) is 1. The fourth-order valence-electron chi connectivity index (χ4n) is 2.32. The largest absolute Gasteiger partial charge is 0.316 e. The van der Waals surface area contributed by atoms with Crippen LogP contribution in [-0.4, -0.2) is 49.1 Å². The molecule has 3 heteroatoms. The Balaban J connectivity index is 2.40. The molecule has 1 aliphatic heterocycles. The topological polar surface area (TPSA) is 15.3 Å². The molecule has 0 aromatic heterocycles. The second kappa shape index (κ2) is 6.87. The van der Waals surface area contributed by atoms with Crippen LogP contribution in [0.3, 0.4) is 0 Å². The molecule has 1 N–H and O–H groups in total. The Kier molecular flexibility index (Phi) is 6.16. The number of thioether (sulfide) groups is 1. The van der Waals surface area contributed by atoms with Crippen LogP contribution in [0.2, 0.25) is 0 Å². The van der Waals surface area contributed by atoms with Gasteiger partial charge in [0.2, 0.25) is 0 Å². The van der Waals surface area contributed by atoms with Crippen molar-refractivity contribution in [2.75, 3.05) is 38.2 Å². The zero-order valence-electron chi connectivity index (χ0n) is 11.4. The summed E-state index contributed by atoms with van der Waals surface area (Å²) in [4.78, 5) is 2.58. The molecule has 1 heterocycles. The van der Waals surface area contributed by atoms with Gasteiger partial charge in [0.25, 0.3) is 0 Å². The van der Waals surface area contributed by atoms with E-state index in [9.17, 15) is 0 Å². The van der Waals surface area contributed by atoms with Crippen molar-refractivity contribution in [2.24, 2.45) is 5.41 Å². The Morgan fingerprint density at radius 1 is 1.44 bits per heavy atom. The monoisotopic (exact) mass is 244 g/mol. The van der Waals surface area contributed by atoms with E-state index in [0.717, 1.165) is 19.1 Å². The zero-order valence-corrected chi connectivity index (χ0v) is 12.2. The van der Waals surface area contributed by atoms with E-state index in [0.29, 0.717) is 5.41 Å². The molecule has 1 saturated heterocycles. The maximum atomic E-state index is 3.50. The molecule has 2 unspecified atom stereocenters. The third kappa shape index (κ3) is 4.27. The highest BCUT2D eigenvalue weighted by atomic mass is 32.2. The van der Waals surface area contributed by atoms with Crippen LogP contribution in [0.5, 0.6) is 0 Å². The Morgan fingerprint density at radius 2 is 2.19 bits per heavy atom. The quantitative estimate of drug-likeness (QED) is 0.740. The molecule has 96 valence electrons. The molecule has 1 aliphatic rings. The molecule has 0 saturated carbocycles. The predicted molar refractivity (Wildman–Crippen MR) is 75.3 cm³/mol. The number of nitrogens with one attached hydrogen (secondary N) is 1. The Labute approximate surface area is 106 Å². The van der Waals surface area contributed by atoms with Crippen molar-refractivity contribution in [1.29, 1.82) is 0 Å². The van der Waals surface area contributed by atoms with Gasteiger partial charge in [-0.2, -0.15) is 11.8 Å². The third-order valence-electron chi connectivity index (χ3n) is 3.82. The fourth-order valence-corrected chi connectivity index (χ4v) is 3.62. The minimum atomic E-state index is 0.429. The second-order valence-corrected chi connectivity index (χ2v) is 6.53. The van der Waals surface area contributed by atoms with Gasteiger partial charge in [-0.15, -0.1) is 0 Å². The number of nitrogens with zero attached hydrogens (tertiary/aromatic N) is 1. The van der Waals surface area contributed by atoms with Crippen LogP contribution < -0.4 is 5.32 Å². The summed E-state index contributed by atoms with van der Waals surface area (Å²) in [7, 11) is 2.30. The molecule has 0 aromatic rings. The number of rotatable bonds is 7. The third-order valence-corrected chi connectivity index (χ3v) is 4.96. The molecular formula is C13H28N2S. The summed E-state index contributed by atoms with van der Waals surface area (Å²) >= 11 is 2.10. The predicted octanol–water partition coefficient (Wildman–Crippen LogP) is 2.45. The SMILES string of the molecule is CCNCC(C)(CC)CN(C)C1CCSC1. The van der Waals surface area contributed by atoms with E-state index < -0.39 is 0 Å². The Hall–Kier alpha value is 0.270. The summed E-state index contributed by atoms with van der Waals surface area (Å²) in [5.41, 5.74) is 0.429. The highest BCUT2D eigenvalue weighted by molar-refractivity contribution is 7.99. The van der Waals surface area contributed by atoms with Crippen molar-refractivity contribution >= 4 is 11.8 Å². The van der Waals surface area contributed by atoms with Crippen LogP contribution in [0.15, 0.2) is 0 Å². The average Bonchev–Trinajstić information content (AvgIpc) is 2.80. The van der Waals surface area contributed by atoms with Crippen LogP contribution >= 0.6 is 11.8 Å². The van der Waals surface area contributed by atoms with Gasteiger partial charge < -0.3 is 10.2 Å². The van der Waals surface area contributed by atoms with Crippen molar-refractivity contribution in [3.8, 4) is 0 Å². The van der Waals surface area contributed by atoms with E-state index in [-0.39, 0.29) is 0 Å². The Bertz CT molecular complexity index is 192. The first-order chi connectivity index (χ1) is 7.61. The van der Waals surface area contributed by atoms with Crippen LogP contribution in [0.4, 0.5) is 0 Å². The van der Waals surface area contributed by atoms with Gasteiger partial charge in [-0.05, 0) is 37.6 Å². The van der Waals surface area contributed by atoms with Crippen molar-refractivity contribution in [1.82, 2.24) is 10.2 Å². The van der Waals surface area contributed by atoms with Gasteiger partial charge in [-0.1, -0.05) is 20.8 Å². The summed E-state index contributed by atoms with van der Waals surface area (Å²) in [6.45, 7) is 10.4. The molecule has 16 heavy (non-hydrogen) atoms. The van der Waals surface area contributed by atoms with E-state index in [4.69, 9.17) is 0 Å². The van der Waals surface area contributed by atoms with Gasteiger partial charge >= 0.3 is 0 Å². The van der Waals surface area contributed by atoms with Crippen molar-refractivity contribution in [3.63, 3.8) is 0 Å². The lowest BCUT2D eigenvalue weighted by molar-refractivity contribution is 0.150. The Morgan fingerprint density at radius 3 is 2.69 bits per heavy atom. The van der Waals surface area contributed by atoms with E-state index in [1.54, 1.807) is 0 Å². The molecule has 0 radical (unpaired) electrons. The summed E-state index contributed by atoms with van der Waals surface area (Å²) in [5.74, 6) is 2.68. The molecule has 1 rings (SSSR count). The first-order valence-electron chi connectivity index (χ1n) is 6.60. The van der Waals surface area contributed by atoms with E-state index in [2.05, 4.69) is 49.8 Å². The van der Waals surface area contributed by atoms with Crippen LogP contribution in [-0.2, 0) is 0 Å². The molecule has 0 bridgehead atoms. The van der Waals surface area contributed by atoms with Crippen LogP contribution in [0, 0.1) is 5.41 Å². The van der Waals surface area contributed by atoms with Gasteiger partial charge in [0, 0.05) is 24.9 Å². The smallest absolute Gasteiger partial charge is 0.0191 e. The molecule has 2 nitrogen and oxygen atoms in total. The highest BCUT2D eigenvalue weighted by Gasteiger charge is 2.28. The maximum Gasteiger partial charge on any atom is 0.0191 e. The molecule has 0 aromatic carbocycles. The molecular weight excluding hydrogens is 216 g/mol. The lowest BCUT2D eigenvalue weighted by Crippen LogP contribution is -2.44. The van der Waals surface area contributed by atoms with Gasteiger partial charge in [-0.3, -0.25) is 0 Å². The minimum Gasteiger partial charge on any atom is -0.316 e. The molecule has 2 atom stereocenters. The molecule has 0 spiro atoms. The summed E-state index contributed by atoms with van der Waals surface area (Å²) in [6, 6.07) is 0.817. The summed E-state index contributed by atoms with van der Waals surface area (Å²) in [5, 5.41) is 3.50. The van der Waals surface area contributed by atoms with Crippen molar-refractivity contribution in [3.05, 3.63) is 0 Å². The molecule has 0 aliphatic carbocycles. The zero-order chi connectivity index (χ0) is 12.0. The lowest BCUT2D eigenvalue weighted by atomic mass is 9.86. The van der Waals surface area contributed by atoms with Gasteiger partial charge in [0.05, 0.1) is 0 Å². The fraction of sp³-hybridized carbons (Fsp3) is 1.00. The lowest BCUT2D eigenvalue weighted by Gasteiger charge is -2.36. The van der Waals surface area contributed by atoms with Gasteiger partial charge in [0.1, 0.15) is 0 Å². The van der Waals surface area contributed by atoms with Gasteiger partial charge in [-0.25, -0.2) is 0 Å². The standard InChI is InChI=1S/C13H28N2S/c1-5-13(3,10-14-6-2)11-15(4)12-7-8-16-9-12/h12,14H,5-11H2,1-4H3. The first kappa shape index (κ1) is 14.3. The van der Waals surface area contributed by atoms with E-state index >= 15 is 0 Å².